The van der Waals surface area contributed by atoms with Crippen molar-refractivity contribution in [2.24, 2.45) is 7.05 Å². The molecule has 1 N–H and O–H groups in total. The molecule has 25 heavy (non-hydrogen) atoms. The lowest BCUT2D eigenvalue weighted by atomic mass is 10.1. The summed E-state index contributed by atoms with van der Waals surface area (Å²) >= 11 is -1.21. The molecule has 1 aromatic heterocycles. The van der Waals surface area contributed by atoms with Crippen LogP contribution in [0.25, 0.3) is 11.4 Å². The quantitative estimate of drug-likeness (QED) is 0.817. The smallest absolute Gasteiger partial charge is 0.434 e. The zero-order valence-electron chi connectivity index (χ0n) is 14.8. The van der Waals surface area contributed by atoms with Crippen molar-refractivity contribution < 1.29 is 17.7 Å². The van der Waals surface area contributed by atoms with E-state index in [0.717, 1.165) is 11.8 Å². The summed E-state index contributed by atoms with van der Waals surface area (Å²) in [5.41, 5.74) is 0.571. The van der Waals surface area contributed by atoms with Crippen LogP contribution < -0.4 is 4.72 Å². The van der Waals surface area contributed by atoms with E-state index in [1.807, 2.05) is 27.7 Å². The standard InChI is InChI=1S/C17H22F3N3OS/c1-11(22-25(24)16(2,3)4)12-6-8-13(9-7-12)15-21-14(10-23(15)5)17(18,19)20/h6-11,22H,1-5H3/t11-,25?/m0/s1. The highest BCUT2D eigenvalue weighted by molar-refractivity contribution is 7.90. The van der Waals surface area contributed by atoms with Crippen molar-refractivity contribution in [3.8, 4) is 11.4 Å². The van der Waals surface area contributed by atoms with Crippen LogP contribution in [0.4, 0.5) is 13.2 Å². The van der Waals surface area contributed by atoms with Gasteiger partial charge in [-0.1, -0.05) is 24.3 Å². The largest absolute Gasteiger partial charge is 0.598 e. The van der Waals surface area contributed by atoms with E-state index in [9.17, 15) is 17.7 Å². The maximum Gasteiger partial charge on any atom is 0.434 e. The molecule has 138 valence electrons. The molecule has 1 heterocycles. The Labute approximate surface area is 148 Å². The monoisotopic (exact) mass is 373 g/mol. The van der Waals surface area contributed by atoms with Crippen molar-refractivity contribution in [1.29, 1.82) is 0 Å². The van der Waals surface area contributed by atoms with Gasteiger partial charge in [0.15, 0.2) is 5.69 Å². The molecule has 2 atom stereocenters. The summed E-state index contributed by atoms with van der Waals surface area (Å²) in [5.74, 6) is 0.248. The molecule has 0 radical (unpaired) electrons. The molecular weight excluding hydrogens is 351 g/mol. The third-order valence-electron chi connectivity index (χ3n) is 3.68. The first-order chi connectivity index (χ1) is 11.4. The van der Waals surface area contributed by atoms with Crippen LogP contribution in [0, 0.1) is 0 Å². The number of rotatable bonds is 4. The predicted molar refractivity (Wildman–Crippen MR) is 93.1 cm³/mol. The number of nitrogens with one attached hydrogen (secondary N) is 1. The summed E-state index contributed by atoms with van der Waals surface area (Å²) in [4.78, 5) is 3.68. The van der Waals surface area contributed by atoms with Crippen molar-refractivity contribution in [3.63, 3.8) is 0 Å². The average Bonchev–Trinajstić information content (AvgIpc) is 2.88. The maximum absolute atomic E-state index is 12.8. The second kappa shape index (κ2) is 7.01. The molecule has 0 saturated carbocycles. The lowest BCUT2D eigenvalue weighted by Crippen LogP contribution is -2.40. The van der Waals surface area contributed by atoms with Gasteiger partial charge in [0, 0.05) is 30.2 Å². The fraction of sp³-hybridized carbons (Fsp3) is 0.471. The van der Waals surface area contributed by atoms with Crippen LogP contribution in [0.15, 0.2) is 30.5 Å². The molecule has 0 spiro atoms. The molecule has 1 unspecified atom stereocenters. The van der Waals surface area contributed by atoms with Crippen molar-refractivity contribution in [2.45, 2.75) is 44.7 Å². The van der Waals surface area contributed by atoms with Crippen molar-refractivity contribution in [1.82, 2.24) is 14.3 Å². The SMILES string of the molecule is C[C@H](N[S+]([O-])C(C)(C)C)c1ccc(-c2nc(C(F)(F)F)cn2C)cc1. The van der Waals surface area contributed by atoms with Crippen molar-refractivity contribution >= 4 is 11.4 Å². The number of alkyl halides is 3. The second-order valence-electron chi connectivity index (χ2n) is 6.90. The number of aryl methyl sites for hydroxylation is 1. The Kier molecular flexibility index (Phi) is 5.56. The molecule has 0 fully saturated rings. The van der Waals surface area contributed by atoms with Gasteiger partial charge in [0.25, 0.3) is 0 Å². The Morgan fingerprint density at radius 1 is 1.16 bits per heavy atom. The van der Waals surface area contributed by atoms with Crippen LogP contribution in [-0.4, -0.2) is 18.9 Å². The molecular formula is C17H22F3N3OS. The first kappa shape index (κ1) is 19.8. The van der Waals surface area contributed by atoms with E-state index in [1.165, 1.54) is 11.6 Å². The molecule has 2 rings (SSSR count). The zero-order chi connectivity index (χ0) is 19.0. The van der Waals surface area contributed by atoms with Crippen molar-refractivity contribution in [3.05, 3.63) is 41.7 Å². The minimum absolute atomic E-state index is 0.152. The fourth-order valence-corrected chi connectivity index (χ4v) is 3.01. The molecule has 1 aromatic carbocycles. The number of benzene rings is 1. The maximum atomic E-state index is 12.8. The van der Waals surface area contributed by atoms with Gasteiger partial charge in [-0.3, -0.25) is 0 Å². The summed E-state index contributed by atoms with van der Waals surface area (Å²) in [6, 6.07) is 6.89. The van der Waals surface area contributed by atoms with Crippen LogP contribution in [0.2, 0.25) is 0 Å². The summed E-state index contributed by atoms with van der Waals surface area (Å²) < 4.78 is 54.5. The number of halogens is 3. The lowest BCUT2D eigenvalue weighted by molar-refractivity contribution is -0.140. The van der Waals surface area contributed by atoms with Crippen LogP contribution in [0.5, 0.6) is 0 Å². The van der Waals surface area contributed by atoms with Crippen molar-refractivity contribution in [2.75, 3.05) is 0 Å². The molecule has 0 bridgehead atoms. The van der Waals surface area contributed by atoms with E-state index in [2.05, 4.69) is 9.71 Å². The van der Waals surface area contributed by atoms with E-state index in [0.29, 0.717) is 5.56 Å². The van der Waals surface area contributed by atoms with Gasteiger partial charge in [-0.05, 0) is 33.3 Å². The minimum Gasteiger partial charge on any atom is -0.598 e. The van der Waals surface area contributed by atoms with E-state index in [1.54, 1.807) is 24.3 Å². The Morgan fingerprint density at radius 3 is 2.16 bits per heavy atom. The highest BCUT2D eigenvalue weighted by Gasteiger charge is 2.34. The highest BCUT2D eigenvalue weighted by Crippen LogP contribution is 2.31. The molecule has 0 aliphatic rings. The van der Waals surface area contributed by atoms with Crippen LogP contribution in [0.3, 0.4) is 0 Å². The molecule has 0 saturated heterocycles. The van der Waals surface area contributed by atoms with Gasteiger partial charge in [-0.15, -0.1) is 4.72 Å². The van der Waals surface area contributed by atoms with Gasteiger partial charge in [-0.25, -0.2) is 4.98 Å². The Hall–Kier alpha value is -1.51. The van der Waals surface area contributed by atoms with Gasteiger partial charge in [0.2, 0.25) is 0 Å². The lowest BCUT2D eigenvalue weighted by Gasteiger charge is -2.26. The number of hydrogen-bond donors (Lipinski definition) is 1. The molecule has 2 aromatic rings. The number of nitrogens with zero attached hydrogens (tertiary/aromatic N) is 2. The number of imidazole rings is 1. The minimum atomic E-state index is -4.47. The fourth-order valence-electron chi connectivity index (χ4n) is 2.20. The number of hydrogen-bond acceptors (Lipinski definition) is 3. The summed E-state index contributed by atoms with van der Waals surface area (Å²) in [5, 5.41) is 0. The molecule has 0 aliphatic carbocycles. The van der Waals surface area contributed by atoms with E-state index in [-0.39, 0.29) is 16.6 Å². The summed E-state index contributed by atoms with van der Waals surface area (Å²) in [6.45, 7) is 7.53. The van der Waals surface area contributed by atoms with Crippen LogP contribution >= 0.6 is 0 Å². The van der Waals surface area contributed by atoms with E-state index < -0.39 is 23.2 Å². The van der Waals surface area contributed by atoms with E-state index >= 15 is 0 Å². The normalized spacial score (nSPS) is 15.2. The van der Waals surface area contributed by atoms with Gasteiger partial charge >= 0.3 is 6.18 Å². The first-order valence-corrected chi connectivity index (χ1v) is 8.93. The van der Waals surface area contributed by atoms with Gasteiger partial charge in [0.05, 0.1) is 6.04 Å². The summed E-state index contributed by atoms with van der Waals surface area (Å²) in [6.07, 6.45) is -3.49. The summed E-state index contributed by atoms with van der Waals surface area (Å²) in [7, 11) is 1.53. The Morgan fingerprint density at radius 2 is 1.72 bits per heavy atom. The number of aromatic nitrogens is 2. The predicted octanol–water partition coefficient (Wildman–Crippen LogP) is 4.22. The van der Waals surface area contributed by atoms with Crippen LogP contribution in [0.1, 0.15) is 45.0 Å². The second-order valence-corrected chi connectivity index (χ2v) is 8.90. The van der Waals surface area contributed by atoms with Gasteiger partial charge in [0.1, 0.15) is 10.6 Å². The molecule has 8 heteroatoms. The molecule has 0 aliphatic heterocycles. The third kappa shape index (κ3) is 4.77. The molecule has 0 amide bonds. The first-order valence-electron chi connectivity index (χ1n) is 7.78. The Balaban J connectivity index is 2.19. The van der Waals surface area contributed by atoms with Crippen LogP contribution in [-0.2, 0) is 24.6 Å². The zero-order valence-corrected chi connectivity index (χ0v) is 15.6. The Bertz CT molecular complexity index is 720. The highest BCUT2D eigenvalue weighted by atomic mass is 32.2. The van der Waals surface area contributed by atoms with Gasteiger partial charge < -0.3 is 9.12 Å². The van der Waals surface area contributed by atoms with E-state index in [4.69, 9.17) is 0 Å². The topological polar surface area (TPSA) is 52.9 Å². The van der Waals surface area contributed by atoms with Gasteiger partial charge in [-0.2, -0.15) is 13.2 Å². The average molecular weight is 373 g/mol. The molecule has 4 nitrogen and oxygen atoms in total. The third-order valence-corrected chi connectivity index (χ3v) is 5.36.